The van der Waals surface area contributed by atoms with Gasteiger partial charge in [0.2, 0.25) is 7.37 Å². The molecule has 0 aromatic heterocycles. The molecule has 1 saturated heterocycles. The molecular formula is C15H21O5P. The monoisotopic (exact) mass is 312 g/mol. The van der Waals surface area contributed by atoms with Crippen molar-refractivity contribution in [2.75, 3.05) is 6.61 Å². The van der Waals surface area contributed by atoms with Gasteiger partial charge in [0.1, 0.15) is 0 Å². The number of ether oxygens (including phenoxy) is 1. The molecule has 1 fully saturated rings. The van der Waals surface area contributed by atoms with E-state index < -0.39 is 24.9 Å². The van der Waals surface area contributed by atoms with Crippen molar-refractivity contribution in [3.05, 3.63) is 29.8 Å². The number of benzene rings is 1. The molecule has 0 aliphatic carbocycles. The zero-order valence-corrected chi connectivity index (χ0v) is 13.1. The molecule has 4 atom stereocenters. The van der Waals surface area contributed by atoms with Gasteiger partial charge < -0.3 is 14.7 Å². The maximum Gasteiger partial charge on any atom is 0.310 e. The fourth-order valence-electron chi connectivity index (χ4n) is 2.58. The Balaban J connectivity index is 2.29. The van der Waals surface area contributed by atoms with E-state index >= 15 is 0 Å². The highest BCUT2D eigenvalue weighted by Crippen LogP contribution is 2.48. The molecule has 0 saturated carbocycles. The fraction of sp³-hybridized carbons (Fsp3) is 0.533. The molecule has 5 nitrogen and oxygen atoms in total. The molecule has 0 bridgehead atoms. The third-order valence-electron chi connectivity index (χ3n) is 4.17. The molecule has 1 aromatic carbocycles. The first-order chi connectivity index (χ1) is 9.84. The van der Waals surface area contributed by atoms with Crippen LogP contribution in [0.2, 0.25) is 0 Å². The zero-order valence-electron chi connectivity index (χ0n) is 12.2. The Morgan fingerprint density at radius 2 is 2.14 bits per heavy atom. The number of hydrogen-bond acceptors (Lipinski definition) is 3. The van der Waals surface area contributed by atoms with Gasteiger partial charge >= 0.3 is 5.97 Å². The molecule has 4 unspecified atom stereocenters. The molecule has 1 aromatic rings. The smallest absolute Gasteiger partial charge is 0.310 e. The fourth-order valence-corrected chi connectivity index (χ4v) is 4.37. The summed E-state index contributed by atoms with van der Waals surface area (Å²) in [6.45, 7) is 3.92. The van der Waals surface area contributed by atoms with Crippen molar-refractivity contribution in [1.29, 1.82) is 0 Å². The van der Waals surface area contributed by atoms with E-state index in [-0.39, 0.29) is 6.10 Å². The molecule has 116 valence electrons. The minimum Gasteiger partial charge on any atom is -0.481 e. The Hall–Kier alpha value is -1.16. The van der Waals surface area contributed by atoms with Gasteiger partial charge in [-0.15, -0.1) is 0 Å². The van der Waals surface area contributed by atoms with E-state index in [0.717, 1.165) is 12.8 Å². The van der Waals surface area contributed by atoms with Crippen LogP contribution in [0.25, 0.3) is 0 Å². The summed E-state index contributed by atoms with van der Waals surface area (Å²) >= 11 is 0. The van der Waals surface area contributed by atoms with Crippen LogP contribution in [0.5, 0.6) is 0 Å². The average molecular weight is 312 g/mol. The summed E-state index contributed by atoms with van der Waals surface area (Å²) in [7, 11) is -3.60. The highest BCUT2D eigenvalue weighted by Gasteiger charge is 2.37. The SMILES string of the molecule is CC(C(=O)O)c1cccc(P(=O)(O)C(C)C2CCCO2)c1. The summed E-state index contributed by atoms with van der Waals surface area (Å²) in [5.74, 6) is -1.66. The lowest BCUT2D eigenvalue weighted by molar-refractivity contribution is -0.138. The maximum atomic E-state index is 12.8. The molecule has 21 heavy (non-hydrogen) atoms. The van der Waals surface area contributed by atoms with Crippen molar-refractivity contribution in [3.63, 3.8) is 0 Å². The number of carbonyl (C=O) groups is 1. The van der Waals surface area contributed by atoms with E-state index in [2.05, 4.69) is 0 Å². The van der Waals surface area contributed by atoms with Crippen LogP contribution in [0.15, 0.2) is 24.3 Å². The van der Waals surface area contributed by atoms with Crippen molar-refractivity contribution in [2.24, 2.45) is 0 Å². The van der Waals surface area contributed by atoms with Crippen LogP contribution in [-0.2, 0) is 14.1 Å². The van der Waals surface area contributed by atoms with E-state index in [1.807, 2.05) is 0 Å². The third-order valence-corrected chi connectivity index (χ3v) is 6.62. The molecule has 2 N–H and O–H groups in total. The molecular weight excluding hydrogens is 291 g/mol. The van der Waals surface area contributed by atoms with Crippen molar-refractivity contribution >= 4 is 18.6 Å². The van der Waals surface area contributed by atoms with Gasteiger partial charge in [-0.3, -0.25) is 9.36 Å². The number of carboxylic acids is 1. The number of carboxylic acid groups (broad SMARTS) is 1. The first-order valence-corrected chi connectivity index (χ1v) is 8.84. The van der Waals surface area contributed by atoms with Crippen LogP contribution in [0, 0.1) is 0 Å². The highest BCUT2D eigenvalue weighted by molar-refractivity contribution is 7.66. The second kappa shape index (κ2) is 6.30. The number of rotatable bonds is 5. The average Bonchev–Trinajstić information content (AvgIpc) is 2.99. The lowest BCUT2D eigenvalue weighted by atomic mass is 10.0. The van der Waals surface area contributed by atoms with Crippen LogP contribution < -0.4 is 5.30 Å². The van der Waals surface area contributed by atoms with E-state index in [1.165, 1.54) is 6.07 Å². The van der Waals surface area contributed by atoms with Crippen LogP contribution >= 0.6 is 7.37 Å². The van der Waals surface area contributed by atoms with Crippen molar-refractivity contribution in [3.8, 4) is 0 Å². The molecule has 2 rings (SSSR count). The summed E-state index contributed by atoms with van der Waals surface area (Å²) < 4.78 is 18.3. The standard InChI is InChI=1S/C15H21O5P/c1-10(15(16)17)12-5-3-6-13(9-12)21(18,19)11(2)14-7-4-8-20-14/h3,5-6,9-11,14H,4,7-8H2,1-2H3,(H,16,17)(H,18,19). The molecule has 0 amide bonds. The molecule has 6 heteroatoms. The minimum absolute atomic E-state index is 0.207. The third kappa shape index (κ3) is 3.37. The number of hydrogen-bond donors (Lipinski definition) is 2. The Kier molecular flexibility index (Phi) is 4.87. The highest BCUT2D eigenvalue weighted by atomic mass is 31.2. The summed E-state index contributed by atoms with van der Waals surface area (Å²) in [5, 5.41) is 9.36. The van der Waals surface area contributed by atoms with Crippen molar-refractivity contribution < 1.29 is 24.1 Å². The quantitative estimate of drug-likeness (QED) is 0.815. The van der Waals surface area contributed by atoms with E-state index in [9.17, 15) is 14.3 Å². The van der Waals surface area contributed by atoms with Gasteiger partial charge in [0.15, 0.2) is 0 Å². The predicted molar refractivity (Wildman–Crippen MR) is 80.4 cm³/mol. The normalized spacial score (nSPS) is 24.2. The first kappa shape index (κ1) is 16.2. The molecule has 1 heterocycles. The van der Waals surface area contributed by atoms with Crippen molar-refractivity contribution in [2.45, 2.75) is 44.4 Å². The largest absolute Gasteiger partial charge is 0.481 e. The Labute approximate surface area is 124 Å². The van der Waals surface area contributed by atoms with Crippen LogP contribution in [0.4, 0.5) is 0 Å². The Morgan fingerprint density at radius 1 is 1.43 bits per heavy atom. The number of aliphatic carboxylic acids is 1. The Morgan fingerprint density at radius 3 is 2.71 bits per heavy atom. The summed E-state index contributed by atoms with van der Waals surface area (Å²) in [4.78, 5) is 21.5. The summed E-state index contributed by atoms with van der Waals surface area (Å²) in [5.41, 5.74) is 0.0456. The maximum absolute atomic E-state index is 12.8. The lowest BCUT2D eigenvalue weighted by Gasteiger charge is -2.25. The van der Waals surface area contributed by atoms with Gasteiger partial charge in [0.05, 0.1) is 17.7 Å². The van der Waals surface area contributed by atoms with Crippen LogP contribution in [-0.4, -0.2) is 34.3 Å². The van der Waals surface area contributed by atoms with Gasteiger partial charge in [-0.2, -0.15) is 0 Å². The molecule has 1 aliphatic heterocycles. The van der Waals surface area contributed by atoms with Crippen molar-refractivity contribution in [1.82, 2.24) is 0 Å². The van der Waals surface area contributed by atoms with Gasteiger partial charge in [-0.1, -0.05) is 19.1 Å². The van der Waals surface area contributed by atoms with Gasteiger partial charge in [0.25, 0.3) is 0 Å². The Bertz CT molecular complexity index is 565. The van der Waals surface area contributed by atoms with Crippen LogP contribution in [0.3, 0.4) is 0 Å². The second-order valence-corrected chi connectivity index (χ2v) is 8.15. The second-order valence-electron chi connectivity index (χ2n) is 5.57. The first-order valence-electron chi connectivity index (χ1n) is 7.11. The summed E-state index contributed by atoms with van der Waals surface area (Å²) in [6.07, 6.45) is 1.49. The van der Waals surface area contributed by atoms with Gasteiger partial charge in [0, 0.05) is 11.9 Å². The minimum atomic E-state index is -3.60. The molecule has 1 aliphatic rings. The van der Waals surface area contributed by atoms with Gasteiger partial charge in [-0.05, 0) is 37.5 Å². The zero-order chi connectivity index (χ0) is 15.6. The van der Waals surface area contributed by atoms with Gasteiger partial charge in [-0.25, -0.2) is 0 Å². The topological polar surface area (TPSA) is 83.8 Å². The molecule has 0 spiro atoms. The summed E-state index contributed by atoms with van der Waals surface area (Å²) in [6, 6.07) is 6.42. The predicted octanol–water partition coefficient (Wildman–Crippen LogP) is 2.34. The van der Waals surface area contributed by atoms with E-state index in [0.29, 0.717) is 17.5 Å². The van der Waals surface area contributed by atoms with E-state index in [4.69, 9.17) is 9.84 Å². The lowest BCUT2D eigenvalue weighted by Crippen LogP contribution is -2.27. The molecule has 0 radical (unpaired) electrons. The van der Waals surface area contributed by atoms with E-state index in [1.54, 1.807) is 32.0 Å². The van der Waals surface area contributed by atoms with Crippen LogP contribution in [0.1, 0.15) is 38.2 Å².